The summed E-state index contributed by atoms with van der Waals surface area (Å²) in [6, 6.07) is 16.6. The maximum Gasteiger partial charge on any atom is 0.191 e. The summed E-state index contributed by atoms with van der Waals surface area (Å²) in [4.78, 5) is 6.41. The number of ether oxygens (including phenoxy) is 1. The minimum atomic E-state index is 0.658. The Morgan fingerprint density at radius 3 is 2.54 bits per heavy atom. The van der Waals surface area contributed by atoms with Gasteiger partial charge in [0.2, 0.25) is 0 Å². The van der Waals surface area contributed by atoms with Crippen LogP contribution in [0.5, 0.6) is 5.75 Å². The van der Waals surface area contributed by atoms with Crippen LogP contribution in [-0.2, 0) is 13.1 Å². The van der Waals surface area contributed by atoms with Crippen LogP contribution in [0.4, 0.5) is 0 Å². The standard InChI is InChI=1S/C21H30N4O/c1-17-8-7-9-18(14-17)15-23-21(22-2)24-16-19-10-5-6-11-20(19)26-13-12-25(3)4/h5-11,14H,12-13,15-16H2,1-4H3,(H2,22,23,24). The van der Waals surface area contributed by atoms with Crippen LogP contribution in [0.25, 0.3) is 0 Å². The van der Waals surface area contributed by atoms with Gasteiger partial charge in [0.25, 0.3) is 0 Å². The van der Waals surface area contributed by atoms with Gasteiger partial charge in [-0.1, -0.05) is 48.0 Å². The summed E-state index contributed by atoms with van der Waals surface area (Å²) in [5, 5.41) is 6.71. The third-order valence-electron chi connectivity index (χ3n) is 3.98. The number of para-hydroxylation sites is 1. The summed E-state index contributed by atoms with van der Waals surface area (Å²) < 4.78 is 5.91. The summed E-state index contributed by atoms with van der Waals surface area (Å²) in [5.41, 5.74) is 3.61. The van der Waals surface area contributed by atoms with Gasteiger partial charge >= 0.3 is 0 Å². The zero-order valence-corrected chi connectivity index (χ0v) is 16.2. The number of guanidine groups is 1. The predicted octanol–water partition coefficient (Wildman–Crippen LogP) is 2.80. The number of nitrogens with zero attached hydrogens (tertiary/aromatic N) is 2. The second-order valence-electron chi connectivity index (χ2n) is 6.53. The highest BCUT2D eigenvalue weighted by molar-refractivity contribution is 5.79. The van der Waals surface area contributed by atoms with E-state index in [4.69, 9.17) is 4.74 Å². The number of nitrogens with one attached hydrogen (secondary N) is 2. The molecule has 2 N–H and O–H groups in total. The third-order valence-corrected chi connectivity index (χ3v) is 3.98. The molecule has 0 aliphatic carbocycles. The van der Waals surface area contributed by atoms with E-state index in [1.165, 1.54) is 11.1 Å². The average Bonchev–Trinajstić information content (AvgIpc) is 2.62. The molecule has 0 spiro atoms. The van der Waals surface area contributed by atoms with E-state index in [9.17, 15) is 0 Å². The number of rotatable bonds is 8. The molecule has 2 aromatic rings. The van der Waals surface area contributed by atoms with Gasteiger partial charge in [0.15, 0.2) is 5.96 Å². The van der Waals surface area contributed by atoms with Gasteiger partial charge in [-0.05, 0) is 32.6 Å². The van der Waals surface area contributed by atoms with Crippen molar-refractivity contribution in [1.82, 2.24) is 15.5 Å². The Bertz CT molecular complexity index is 713. The van der Waals surface area contributed by atoms with Gasteiger partial charge in [0.05, 0.1) is 0 Å². The molecule has 2 aromatic carbocycles. The zero-order chi connectivity index (χ0) is 18.8. The fourth-order valence-electron chi connectivity index (χ4n) is 2.54. The fourth-order valence-corrected chi connectivity index (χ4v) is 2.54. The lowest BCUT2D eigenvalue weighted by Gasteiger charge is -2.16. The zero-order valence-electron chi connectivity index (χ0n) is 16.2. The van der Waals surface area contributed by atoms with Crippen LogP contribution in [0, 0.1) is 6.92 Å². The topological polar surface area (TPSA) is 48.9 Å². The first-order chi connectivity index (χ1) is 12.6. The highest BCUT2D eigenvalue weighted by atomic mass is 16.5. The van der Waals surface area contributed by atoms with Crippen LogP contribution >= 0.6 is 0 Å². The molecule has 0 heterocycles. The Morgan fingerprint density at radius 2 is 1.81 bits per heavy atom. The van der Waals surface area contributed by atoms with Gasteiger partial charge in [-0.15, -0.1) is 0 Å². The van der Waals surface area contributed by atoms with Crippen LogP contribution in [-0.4, -0.2) is 45.2 Å². The Kier molecular flexibility index (Phi) is 7.96. The SMILES string of the molecule is CN=C(NCc1cccc(C)c1)NCc1ccccc1OCCN(C)C. The number of likely N-dealkylation sites (N-methyl/N-ethyl adjacent to an activating group) is 1. The van der Waals surface area contributed by atoms with Crippen LogP contribution in [0.3, 0.4) is 0 Å². The van der Waals surface area contributed by atoms with Crippen LogP contribution in [0.1, 0.15) is 16.7 Å². The summed E-state index contributed by atoms with van der Waals surface area (Å²) in [7, 11) is 5.87. The molecule has 5 nitrogen and oxygen atoms in total. The second-order valence-corrected chi connectivity index (χ2v) is 6.53. The predicted molar refractivity (Wildman–Crippen MR) is 109 cm³/mol. The minimum absolute atomic E-state index is 0.658. The molecule has 0 amide bonds. The van der Waals surface area contributed by atoms with Crippen molar-refractivity contribution in [2.24, 2.45) is 4.99 Å². The number of benzene rings is 2. The monoisotopic (exact) mass is 354 g/mol. The third kappa shape index (κ3) is 6.76. The van der Waals surface area contributed by atoms with Gasteiger partial charge in [-0.25, -0.2) is 0 Å². The van der Waals surface area contributed by atoms with Crippen LogP contribution in [0.15, 0.2) is 53.5 Å². The summed E-state index contributed by atoms with van der Waals surface area (Å²) in [5.74, 6) is 1.69. The van der Waals surface area contributed by atoms with Crippen LogP contribution in [0.2, 0.25) is 0 Å². The lowest BCUT2D eigenvalue weighted by Crippen LogP contribution is -2.36. The highest BCUT2D eigenvalue weighted by Crippen LogP contribution is 2.17. The van der Waals surface area contributed by atoms with Gasteiger partial charge in [-0.3, -0.25) is 4.99 Å². The smallest absolute Gasteiger partial charge is 0.191 e. The number of hydrogen-bond donors (Lipinski definition) is 2. The van der Waals surface area contributed by atoms with Crippen molar-refractivity contribution in [3.8, 4) is 5.75 Å². The largest absolute Gasteiger partial charge is 0.492 e. The summed E-state index contributed by atoms with van der Waals surface area (Å²) in [6.07, 6.45) is 0. The Labute approximate surface area is 157 Å². The molecular weight excluding hydrogens is 324 g/mol. The van der Waals surface area contributed by atoms with E-state index >= 15 is 0 Å². The van der Waals surface area contributed by atoms with E-state index in [1.807, 2.05) is 32.3 Å². The van der Waals surface area contributed by atoms with Crippen molar-refractivity contribution in [3.05, 3.63) is 65.2 Å². The van der Waals surface area contributed by atoms with Gasteiger partial charge in [0.1, 0.15) is 12.4 Å². The van der Waals surface area contributed by atoms with E-state index in [-0.39, 0.29) is 0 Å². The van der Waals surface area contributed by atoms with Gasteiger partial charge < -0.3 is 20.3 Å². The maximum absolute atomic E-state index is 5.91. The van der Waals surface area contributed by atoms with E-state index in [0.29, 0.717) is 13.2 Å². The lowest BCUT2D eigenvalue weighted by molar-refractivity contribution is 0.259. The lowest BCUT2D eigenvalue weighted by atomic mass is 10.1. The molecule has 5 heteroatoms. The molecule has 2 rings (SSSR count). The van der Waals surface area contributed by atoms with Crippen molar-refractivity contribution < 1.29 is 4.74 Å². The van der Waals surface area contributed by atoms with Crippen molar-refractivity contribution in [2.45, 2.75) is 20.0 Å². The van der Waals surface area contributed by atoms with E-state index in [2.05, 4.69) is 57.8 Å². The van der Waals surface area contributed by atoms with Gasteiger partial charge in [-0.2, -0.15) is 0 Å². The molecule has 0 radical (unpaired) electrons. The van der Waals surface area contributed by atoms with Crippen molar-refractivity contribution in [1.29, 1.82) is 0 Å². The molecule has 0 aliphatic heterocycles. The Balaban J connectivity index is 1.88. The Hall–Kier alpha value is -2.53. The molecule has 0 saturated carbocycles. The molecule has 0 bridgehead atoms. The first-order valence-corrected chi connectivity index (χ1v) is 8.94. The molecule has 0 aromatic heterocycles. The number of hydrogen-bond acceptors (Lipinski definition) is 3. The van der Waals surface area contributed by atoms with E-state index in [0.717, 1.165) is 30.4 Å². The van der Waals surface area contributed by atoms with Crippen LogP contribution < -0.4 is 15.4 Å². The number of aryl methyl sites for hydroxylation is 1. The molecule has 0 unspecified atom stereocenters. The molecule has 0 saturated heterocycles. The van der Waals surface area contributed by atoms with E-state index < -0.39 is 0 Å². The second kappa shape index (κ2) is 10.5. The normalized spacial score (nSPS) is 11.5. The molecule has 0 fully saturated rings. The molecular formula is C21H30N4O. The van der Waals surface area contributed by atoms with Gasteiger partial charge in [0, 0.05) is 32.2 Å². The molecule has 140 valence electrons. The van der Waals surface area contributed by atoms with Crippen molar-refractivity contribution in [3.63, 3.8) is 0 Å². The average molecular weight is 354 g/mol. The molecule has 26 heavy (non-hydrogen) atoms. The first kappa shape index (κ1) is 19.8. The molecule has 0 aliphatic rings. The number of aliphatic imine (C=N–C) groups is 1. The van der Waals surface area contributed by atoms with Crippen molar-refractivity contribution in [2.75, 3.05) is 34.3 Å². The summed E-state index contributed by atoms with van der Waals surface area (Å²) >= 11 is 0. The first-order valence-electron chi connectivity index (χ1n) is 8.94. The fraction of sp³-hybridized carbons (Fsp3) is 0.381. The van der Waals surface area contributed by atoms with Crippen molar-refractivity contribution >= 4 is 5.96 Å². The highest BCUT2D eigenvalue weighted by Gasteiger charge is 2.05. The Morgan fingerprint density at radius 1 is 1.04 bits per heavy atom. The molecule has 0 atom stereocenters. The van der Waals surface area contributed by atoms with E-state index in [1.54, 1.807) is 7.05 Å². The summed E-state index contributed by atoms with van der Waals surface area (Å²) in [6.45, 7) is 5.06. The maximum atomic E-state index is 5.91. The minimum Gasteiger partial charge on any atom is -0.492 e. The quantitative estimate of drug-likeness (QED) is 0.565.